The van der Waals surface area contributed by atoms with Gasteiger partial charge in [-0.25, -0.2) is 0 Å². The second-order valence-electron chi connectivity index (χ2n) is 4.60. The van der Waals surface area contributed by atoms with Crippen LogP contribution >= 0.6 is 0 Å². The molecule has 0 saturated carbocycles. The lowest BCUT2D eigenvalue weighted by Gasteiger charge is -2.07. The summed E-state index contributed by atoms with van der Waals surface area (Å²) in [7, 11) is 1.87. The van der Waals surface area contributed by atoms with Crippen molar-refractivity contribution in [3.8, 4) is 0 Å². The van der Waals surface area contributed by atoms with E-state index in [0.29, 0.717) is 5.41 Å². The normalized spacial score (nSPS) is 18.6. The van der Waals surface area contributed by atoms with Gasteiger partial charge in [-0.2, -0.15) is 0 Å². The fourth-order valence-electron chi connectivity index (χ4n) is 1.80. The van der Waals surface area contributed by atoms with E-state index in [9.17, 15) is 0 Å². The largest absolute Gasteiger partial charge is 0.292 e. The van der Waals surface area contributed by atoms with Crippen molar-refractivity contribution < 1.29 is 0 Å². The number of allylic oxidation sites excluding steroid dienone is 2. The van der Waals surface area contributed by atoms with Crippen LogP contribution in [0, 0.1) is 5.41 Å². The van der Waals surface area contributed by atoms with Crippen molar-refractivity contribution in [2.45, 2.75) is 20.3 Å². The van der Waals surface area contributed by atoms with Gasteiger partial charge in [0.15, 0.2) is 0 Å². The van der Waals surface area contributed by atoms with Gasteiger partial charge in [-0.1, -0.05) is 55.8 Å². The lowest BCUT2D eigenvalue weighted by atomic mass is 9.99. The fourth-order valence-corrected chi connectivity index (χ4v) is 1.80. The summed E-state index contributed by atoms with van der Waals surface area (Å²) in [6.07, 6.45) is 3.31. The highest BCUT2D eigenvalue weighted by Gasteiger charge is 2.33. The van der Waals surface area contributed by atoms with E-state index in [1.807, 2.05) is 13.1 Å². The first-order valence-corrected chi connectivity index (χ1v) is 5.37. The van der Waals surface area contributed by atoms with Crippen LogP contribution in [0.3, 0.4) is 0 Å². The molecule has 0 aliphatic heterocycles. The minimum absolute atomic E-state index is 0.338. The van der Waals surface area contributed by atoms with Gasteiger partial charge in [0.25, 0.3) is 0 Å². The minimum Gasteiger partial charge on any atom is -0.292 e. The van der Waals surface area contributed by atoms with E-state index in [-0.39, 0.29) is 0 Å². The quantitative estimate of drug-likeness (QED) is 0.522. The van der Waals surface area contributed by atoms with Crippen molar-refractivity contribution in [3.05, 3.63) is 47.5 Å². The summed E-state index contributed by atoms with van der Waals surface area (Å²) in [4.78, 5) is 4.38. The van der Waals surface area contributed by atoms with Crippen LogP contribution in [0.4, 0.5) is 0 Å². The maximum absolute atomic E-state index is 4.38. The Morgan fingerprint density at radius 3 is 2.27 bits per heavy atom. The highest BCUT2D eigenvalue weighted by molar-refractivity contribution is 6.02. The number of rotatable bonds is 3. The summed E-state index contributed by atoms with van der Waals surface area (Å²) in [5.74, 6) is 0. The van der Waals surface area contributed by atoms with Crippen molar-refractivity contribution in [2.24, 2.45) is 10.4 Å². The van der Waals surface area contributed by atoms with Crippen LogP contribution in [0.25, 0.3) is 0 Å². The molecule has 1 aromatic carbocycles. The van der Waals surface area contributed by atoms with Crippen molar-refractivity contribution >= 4 is 5.71 Å². The Kier molecular flexibility index (Phi) is 2.47. The molecule has 1 nitrogen and oxygen atoms in total. The lowest BCUT2D eigenvalue weighted by molar-refractivity contribution is 0.693. The molecule has 78 valence electrons. The zero-order chi connectivity index (χ0) is 10.9. The number of hydrogen-bond donors (Lipinski definition) is 0. The van der Waals surface area contributed by atoms with Crippen molar-refractivity contribution in [1.29, 1.82) is 0 Å². The van der Waals surface area contributed by atoms with E-state index in [4.69, 9.17) is 0 Å². The summed E-state index contributed by atoms with van der Waals surface area (Å²) in [6.45, 7) is 4.50. The molecule has 0 N–H and O–H groups in total. The monoisotopic (exact) mass is 199 g/mol. The summed E-state index contributed by atoms with van der Waals surface area (Å²) >= 11 is 0. The van der Waals surface area contributed by atoms with Gasteiger partial charge in [0.2, 0.25) is 0 Å². The third-order valence-corrected chi connectivity index (χ3v) is 3.01. The molecule has 0 spiro atoms. The fraction of sp³-hybridized carbons (Fsp3) is 0.357. The summed E-state index contributed by atoms with van der Waals surface area (Å²) in [6, 6.07) is 10.4. The Labute approximate surface area is 91.6 Å². The second kappa shape index (κ2) is 3.65. The van der Waals surface area contributed by atoms with E-state index in [2.05, 4.69) is 49.2 Å². The Hall–Kier alpha value is -1.37. The zero-order valence-electron chi connectivity index (χ0n) is 9.62. The maximum atomic E-state index is 4.38. The van der Waals surface area contributed by atoms with Crippen molar-refractivity contribution in [1.82, 2.24) is 0 Å². The van der Waals surface area contributed by atoms with Crippen LogP contribution in [0.5, 0.6) is 0 Å². The molecule has 0 unspecified atom stereocenters. The number of benzene rings is 1. The molecular formula is C14H17N. The third-order valence-electron chi connectivity index (χ3n) is 3.01. The van der Waals surface area contributed by atoms with E-state index >= 15 is 0 Å². The van der Waals surface area contributed by atoms with Gasteiger partial charge >= 0.3 is 0 Å². The molecule has 0 amide bonds. The third kappa shape index (κ3) is 2.17. The number of hydrogen-bond acceptors (Lipinski definition) is 1. The molecule has 0 bridgehead atoms. The second-order valence-corrected chi connectivity index (χ2v) is 4.60. The average molecular weight is 199 g/mol. The summed E-state index contributed by atoms with van der Waals surface area (Å²) in [5.41, 5.74) is 4.27. The average Bonchev–Trinajstić information content (AvgIpc) is 2.84. The Morgan fingerprint density at radius 2 is 1.80 bits per heavy atom. The van der Waals surface area contributed by atoms with Gasteiger partial charge in [-0.3, -0.25) is 4.99 Å². The highest BCUT2D eigenvalue weighted by atomic mass is 14.7. The van der Waals surface area contributed by atoms with Crippen LogP contribution in [-0.2, 0) is 0 Å². The zero-order valence-corrected chi connectivity index (χ0v) is 9.62. The first-order chi connectivity index (χ1) is 7.13. The molecule has 2 rings (SSSR count). The number of nitrogens with zero attached hydrogens (tertiary/aromatic N) is 1. The van der Waals surface area contributed by atoms with E-state index in [1.165, 1.54) is 16.8 Å². The van der Waals surface area contributed by atoms with Gasteiger partial charge in [-0.05, 0) is 5.56 Å². The highest BCUT2D eigenvalue weighted by Crippen LogP contribution is 2.45. The van der Waals surface area contributed by atoms with E-state index in [1.54, 1.807) is 0 Å². The number of aliphatic imine (C=N–C) groups is 1. The van der Waals surface area contributed by atoms with E-state index in [0.717, 1.165) is 6.42 Å². The van der Waals surface area contributed by atoms with Crippen LogP contribution in [0.2, 0.25) is 0 Å². The molecule has 1 aliphatic carbocycles. The molecule has 0 aromatic heterocycles. The first-order valence-electron chi connectivity index (χ1n) is 5.37. The van der Waals surface area contributed by atoms with Gasteiger partial charge in [0.1, 0.15) is 0 Å². The van der Waals surface area contributed by atoms with Gasteiger partial charge in [0, 0.05) is 24.6 Å². The predicted octanol–water partition coefficient (Wildman–Crippen LogP) is 3.46. The lowest BCUT2D eigenvalue weighted by Crippen LogP contribution is -2.02. The molecule has 0 atom stereocenters. The standard InChI is InChI=1S/C14H17N/c1-14(2)10-12(14)9-13(15-3)11-7-5-4-6-8-11/h4-8,10H,9H2,1-3H3. The Morgan fingerprint density at radius 1 is 1.20 bits per heavy atom. The van der Waals surface area contributed by atoms with Crippen LogP contribution < -0.4 is 0 Å². The van der Waals surface area contributed by atoms with Gasteiger partial charge in [-0.15, -0.1) is 0 Å². The topological polar surface area (TPSA) is 12.4 Å². The van der Waals surface area contributed by atoms with Crippen LogP contribution in [0.15, 0.2) is 47.0 Å². The molecule has 1 heteroatoms. The smallest absolute Gasteiger partial charge is 0.0457 e. The Balaban J connectivity index is 2.11. The van der Waals surface area contributed by atoms with Crippen LogP contribution in [-0.4, -0.2) is 12.8 Å². The molecule has 1 aromatic rings. The molecule has 0 saturated heterocycles. The van der Waals surface area contributed by atoms with Crippen molar-refractivity contribution in [2.75, 3.05) is 7.05 Å². The minimum atomic E-state index is 0.338. The van der Waals surface area contributed by atoms with E-state index < -0.39 is 0 Å². The first kappa shape index (κ1) is 10.2. The summed E-state index contributed by atoms with van der Waals surface area (Å²) in [5, 5.41) is 0. The maximum Gasteiger partial charge on any atom is 0.0457 e. The summed E-state index contributed by atoms with van der Waals surface area (Å²) < 4.78 is 0. The van der Waals surface area contributed by atoms with Gasteiger partial charge in [0.05, 0.1) is 0 Å². The van der Waals surface area contributed by atoms with Crippen molar-refractivity contribution in [3.63, 3.8) is 0 Å². The molecule has 0 radical (unpaired) electrons. The molecule has 1 aliphatic rings. The molecule has 0 fully saturated rings. The molecule has 0 heterocycles. The molecular weight excluding hydrogens is 182 g/mol. The molecule has 15 heavy (non-hydrogen) atoms. The van der Waals surface area contributed by atoms with Gasteiger partial charge < -0.3 is 0 Å². The SMILES string of the molecule is CN=C(CC1=CC1(C)C)c1ccccc1. The predicted molar refractivity (Wildman–Crippen MR) is 65.4 cm³/mol. The Bertz CT molecular complexity index is 410. The van der Waals surface area contributed by atoms with Crippen LogP contribution in [0.1, 0.15) is 25.8 Å².